The molecule has 0 fully saturated rings. The van der Waals surface area contributed by atoms with E-state index in [4.69, 9.17) is 4.52 Å². The van der Waals surface area contributed by atoms with Crippen LogP contribution in [0.1, 0.15) is 24.1 Å². The number of pyridine rings is 1. The van der Waals surface area contributed by atoms with Crippen molar-refractivity contribution in [3.05, 3.63) is 47.7 Å². The number of aryl methyl sites for hydroxylation is 1. The van der Waals surface area contributed by atoms with Gasteiger partial charge in [-0.15, -0.1) is 12.4 Å². The minimum atomic E-state index is 0. The molecule has 3 aromatic rings. The van der Waals surface area contributed by atoms with Gasteiger partial charge in [0.15, 0.2) is 5.82 Å². The first-order chi connectivity index (χ1) is 11.1. The number of aromatic nitrogens is 4. The van der Waals surface area contributed by atoms with Crippen molar-refractivity contribution in [2.45, 2.75) is 33.2 Å². The van der Waals surface area contributed by atoms with Crippen molar-refractivity contribution < 1.29 is 4.52 Å². The summed E-state index contributed by atoms with van der Waals surface area (Å²) >= 11 is 0. The van der Waals surface area contributed by atoms with Crippen LogP contribution in [0.5, 0.6) is 0 Å². The molecule has 1 N–H and O–H groups in total. The van der Waals surface area contributed by atoms with Crippen LogP contribution in [0.4, 0.5) is 0 Å². The molecule has 0 saturated carbocycles. The van der Waals surface area contributed by atoms with E-state index in [-0.39, 0.29) is 12.4 Å². The zero-order valence-corrected chi connectivity index (χ0v) is 15.1. The quantitative estimate of drug-likeness (QED) is 0.768. The molecule has 0 aliphatic heterocycles. The van der Waals surface area contributed by atoms with Crippen molar-refractivity contribution in [1.29, 1.82) is 0 Å². The van der Waals surface area contributed by atoms with Gasteiger partial charge >= 0.3 is 0 Å². The molecule has 0 aromatic carbocycles. The summed E-state index contributed by atoms with van der Waals surface area (Å²) in [4.78, 5) is 8.95. The lowest BCUT2D eigenvalue weighted by Crippen LogP contribution is -2.24. The summed E-state index contributed by atoms with van der Waals surface area (Å²) in [7, 11) is 1.92. The van der Waals surface area contributed by atoms with Gasteiger partial charge in [-0.1, -0.05) is 11.2 Å². The van der Waals surface area contributed by atoms with Crippen LogP contribution in [-0.4, -0.2) is 32.8 Å². The van der Waals surface area contributed by atoms with E-state index in [0.29, 0.717) is 17.8 Å². The summed E-state index contributed by atoms with van der Waals surface area (Å²) in [6.45, 7) is 6.17. The molecule has 6 nitrogen and oxygen atoms in total. The topological polar surface area (TPSA) is 68.8 Å². The summed E-state index contributed by atoms with van der Waals surface area (Å²) in [6, 6.07) is 8.23. The van der Waals surface area contributed by atoms with Gasteiger partial charge in [0.25, 0.3) is 5.89 Å². The fourth-order valence-electron chi connectivity index (χ4n) is 2.64. The Labute approximate surface area is 147 Å². The maximum absolute atomic E-state index is 5.46. The highest BCUT2D eigenvalue weighted by molar-refractivity contribution is 5.85. The molecular formula is C17H22ClN5O. The lowest BCUT2D eigenvalue weighted by atomic mass is 10.2. The molecule has 3 aromatic heterocycles. The van der Waals surface area contributed by atoms with Crippen molar-refractivity contribution in [2.24, 2.45) is 0 Å². The Morgan fingerprint density at radius 2 is 2.08 bits per heavy atom. The Kier molecular flexibility index (Phi) is 5.75. The first kappa shape index (κ1) is 18.2. The Hall–Kier alpha value is -2.18. The van der Waals surface area contributed by atoms with Gasteiger partial charge in [0.1, 0.15) is 5.82 Å². The lowest BCUT2D eigenvalue weighted by molar-refractivity contribution is 0.418. The molecule has 24 heavy (non-hydrogen) atoms. The van der Waals surface area contributed by atoms with E-state index in [1.165, 1.54) is 0 Å². The number of halogens is 1. The largest absolute Gasteiger partial charge is 0.334 e. The van der Waals surface area contributed by atoms with Crippen LogP contribution in [0, 0.1) is 13.8 Å². The van der Waals surface area contributed by atoms with Gasteiger partial charge in [0, 0.05) is 30.0 Å². The predicted molar refractivity (Wildman–Crippen MR) is 95.8 cm³/mol. The summed E-state index contributed by atoms with van der Waals surface area (Å²) in [6.07, 6.45) is 2.52. The van der Waals surface area contributed by atoms with Crippen molar-refractivity contribution >= 4 is 12.4 Å². The molecule has 1 unspecified atom stereocenters. The SMILES string of the molecule is CNC(C)Cc1noc(-c2cc(C)n(-c3ccccn3)c2C)n1.Cl. The van der Waals surface area contributed by atoms with Crippen molar-refractivity contribution in [3.63, 3.8) is 0 Å². The highest BCUT2D eigenvalue weighted by atomic mass is 35.5. The van der Waals surface area contributed by atoms with Gasteiger partial charge < -0.3 is 14.4 Å². The van der Waals surface area contributed by atoms with Crippen LogP contribution in [0.25, 0.3) is 17.3 Å². The molecular weight excluding hydrogens is 326 g/mol. The molecule has 0 radical (unpaired) electrons. The van der Waals surface area contributed by atoms with E-state index in [2.05, 4.69) is 38.0 Å². The van der Waals surface area contributed by atoms with E-state index < -0.39 is 0 Å². The maximum Gasteiger partial charge on any atom is 0.259 e. The Morgan fingerprint density at radius 3 is 2.75 bits per heavy atom. The van der Waals surface area contributed by atoms with Crippen molar-refractivity contribution in [2.75, 3.05) is 7.05 Å². The molecule has 0 saturated heterocycles. The van der Waals surface area contributed by atoms with Gasteiger partial charge in [-0.3, -0.25) is 0 Å². The van der Waals surface area contributed by atoms with Crippen LogP contribution in [-0.2, 0) is 6.42 Å². The predicted octanol–water partition coefficient (Wildman–Crippen LogP) is 3.11. The molecule has 3 rings (SSSR count). The Balaban J connectivity index is 0.00000208. The lowest BCUT2D eigenvalue weighted by Gasteiger charge is -2.07. The molecule has 3 heterocycles. The fraction of sp³-hybridized carbons (Fsp3) is 0.353. The molecule has 1 atom stereocenters. The van der Waals surface area contributed by atoms with Crippen LogP contribution in [0.2, 0.25) is 0 Å². The Bertz CT molecular complexity index is 797. The summed E-state index contributed by atoms with van der Waals surface area (Å²) < 4.78 is 7.55. The van der Waals surface area contributed by atoms with E-state index in [9.17, 15) is 0 Å². The highest BCUT2D eigenvalue weighted by Crippen LogP contribution is 2.27. The van der Waals surface area contributed by atoms with Gasteiger partial charge in [0.05, 0.1) is 5.56 Å². The minimum absolute atomic E-state index is 0. The second-order valence-electron chi connectivity index (χ2n) is 5.72. The van der Waals surface area contributed by atoms with E-state index in [0.717, 1.165) is 29.2 Å². The summed E-state index contributed by atoms with van der Waals surface area (Å²) in [5, 5.41) is 7.26. The molecule has 128 valence electrons. The van der Waals surface area contributed by atoms with E-state index >= 15 is 0 Å². The monoisotopic (exact) mass is 347 g/mol. The van der Waals surface area contributed by atoms with Crippen molar-refractivity contribution in [1.82, 2.24) is 25.0 Å². The Morgan fingerprint density at radius 1 is 1.29 bits per heavy atom. The molecule has 0 spiro atoms. The third kappa shape index (κ3) is 3.49. The maximum atomic E-state index is 5.46. The third-order valence-electron chi connectivity index (χ3n) is 3.99. The molecule has 0 bridgehead atoms. The first-order valence-electron chi connectivity index (χ1n) is 7.70. The van der Waals surface area contributed by atoms with Crippen molar-refractivity contribution in [3.8, 4) is 17.3 Å². The normalized spacial score (nSPS) is 12.0. The molecule has 7 heteroatoms. The van der Waals surface area contributed by atoms with Crippen LogP contribution < -0.4 is 5.32 Å². The zero-order chi connectivity index (χ0) is 16.4. The summed E-state index contributed by atoms with van der Waals surface area (Å²) in [5.74, 6) is 2.15. The van der Waals surface area contributed by atoms with Crippen LogP contribution in [0.15, 0.2) is 35.0 Å². The highest BCUT2D eigenvalue weighted by Gasteiger charge is 2.18. The van der Waals surface area contributed by atoms with E-state index in [1.54, 1.807) is 6.20 Å². The number of nitrogens with one attached hydrogen (secondary N) is 1. The van der Waals surface area contributed by atoms with Gasteiger partial charge in [-0.2, -0.15) is 4.98 Å². The van der Waals surface area contributed by atoms with Gasteiger partial charge in [-0.25, -0.2) is 4.98 Å². The third-order valence-corrected chi connectivity index (χ3v) is 3.99. The second kappa shape index (κ2) is 7.59. The van der Waals surface area contributed by atoms with E-state index in [1.807, 2.05) is 39.1 Å². The fourth-order valence-corrected chi connectivity index (χ4v) is 2.64. The minimum Gasteiger partial charge on any atom is -0.334 e. The smallest absolute Gasteiger partial charge is 0.259 e. The second-order valence-corrected chi connectivity index (χ2v) is 5.72. The standard InChI is InChI=1S/C17H21N5O.ClH/c1-11(18-4)9-15-20-17(23-21-15)14-10-12(2)22(13(14)3)16-7-5-6-8-19-16;/h5-8,10-11,18H,9H2,1-4H3;1H. The molecule has 0 aliphatic rings. The number of rotatable bonds is 5. The van der Waals surface area contributed by atoms with Gasteiger partial charge in [-0.05, 0) is 46.0 Å². The first-order valence-corrected chi connectivity index (χ1v) is 7.70. The van der Waals surface area contributed by atoms with Gasteiger partial charge in [0.2, 0.25) is 0 Å². The number of likely N-dealkylation sites (N-methyl/N-ethyl adjacent to an activating group) is 1. The average molecular weight is 348 g/mol. The summed E-state index contributed by atoms with van der Waals surface area (Å²) in [5.41, 5.74) is 3.07. The molecule has 0 amide bonds. The number of nitrogens with zero attached hydrogens (tertiary/aromatic N) is 4. The van der Waals surface area contributed by atoms with Crippen LogP contribution in [0.3, 0.4) is 0 Å². The average Bonchev–Trinajstić information content (AvgIpc) is 3.12. The van der Waals surface area contributed by atoms with Crippen LogP contribution >= 0.6 is 12.4 Å². The zero-order valence-electron chi connectivity index (χ0n) is 14.3. The number of hydrogen-bond acceptors (Lipinski definition) is 5. The number of hydrogen-bond donors (Lipinski definition) is 1. The molecule has 0 aliphatic carbocycles.